The van der Waals surface area contributed by atoms with E-state index in [4.69, 9.17) is 46.8 Å². The molecule has 1 saturated heterocycles. The summed E-state index contributed by atoms with van der Waals surface area (Å²) in [6.07, 6.45) is 37.6. The first-order chi connectivity index (χ1) is 48.6. The second kappa shape index (κ2) is 53.8. The molecule has 1 heterocycles. The van der Waals surface area contributed by atoms with Crippen molar-refractivity contribution in [2.75, 3.05) is 0 Å². The Morgan fingerprint density at radius 3 is 1.26 bits per heavy atom. The standard InChI is InChI=1S/C16H22.C15H20O.C15H18.C14H18O.C13H14O.C10H16.5O2S/c1-12-9-10-13(2)14(3)16(11-12)15-7-5-4-6-8-15;1-11-8-9-15(16)12(2)14(10-11)13-6-4-3-5-7-13;1-12-8-10-15(11-9-13(12)2)14-6-4-3-5-7-14;1-11-13(9-5-6-10-14(11)15)12-7-3-2-4-8-12;1-2-6-10(7-3-1)11-8-4-5-9-12-13(11)14-12;1-8-4-6-9(2)10(3)7-5-8;5*1-3-2/h4-8,11,13-14,16H,9-10H2,1-3H3;3-7,10,12,14-16H,8-9H2,1-2H3;3-8,10-13H,9H2,1-2H3;2-4,7-9,11,14-15H,5-6,10H2,1H3;1-3,6-8,12-13H,4-5,9H2;4-6,9-10H,7H2,1-3H3;;;;;/t13-,14+,16-;12-,14-,15-;12-,13-;11-,14-;12-,13+;9-,10-;;;;;/m000000...../s1. The fourth-order valence-corrected chi connectivity index (χ4v) is 12.7. The van der Waals surface area contributed by atoms with E-state index in [1.54, 1.807) is 5.57 Å². The number of rotatable bonds is 5. The van der Waals surface area contributed by atoms with Gasteiger partial charge >= 0.3 is 57.9 Å². The third-order valence-corrected chi connectivity index (χ3v) is 19.7. The first-order valence-corrected chi connectivity index (χ1v) is 38.3. The molecular weight excluding hydrogens is 1370 g/mol. The molecule has 2 N–H and O–H groups in total. The summed E-state index contributed by atoms with van der Waals surface area (Å²) in [5.41, 5.74) is 15.2. The number of epoxide rings is 1. The Bertz CT molecular complexity index is 3440. The van der Waals surface area contributed by atoms with E-state index in [-0.39, 0.29) is 18.1 Å². The SMILES string of the molecule is C1=C(c2ccccc2)[C@H]2O[C@H]2CCC1.CC1=CC[C@H](C)[C@@H](C)C=C1.CC1=C[C@H](c2ccccc2)[C@H](C)[C@@H](C)CC1.CC1=C[C@H](c2ccccc2)[C@H](C)[C@@H](O)CC1.C[C@H]1C(c2ccccc2)=CCCC[C@@H]1O.C[C@H]1C=CC(c2ccccc2)=CC[C@@H]1C.O=S=O.O=S=O.O=S=O.O=S=O.O=S=O. The molecule has 0 amide bonds. The van der Waals surface area contributed by atoms with Crippen molar-refractivity contribution in [2.45, 2.75) is 189 Å². The lowest BCUT2D eigenvalue weighted by Crippen LogP contribution is -2.21. The molecule has 101 heavy (non-hydrogen) atoms. The van der Waals surface area contributed by atoms with Crippen LogP contribution in [0, 0.1) is 47.3 Å². The van der Waals surface area contributed by atoms with E-state index in [1.165, 1.54) is 101 Å². The van der Waals surface area contributed by atoms with Crippen LogP contribution in [0.4, 0.5) is 0 Å². The quantitative estimate of drug-likeness (QED) is 0.124. The molecule has 0 aromatic heterocycles. The summed E-state index contributed by atoms with van der Waals surface area (Å²) in [5, 5.41) is 20.0. The van der Waals surface area contributed by atoms with Gasteiger partial charge in [0.15, 0.2) is 0 Å². The minimum atomic E-state index is -0.750. The summed E-state index contributed by atoms with van der Waals surface area (Å²) >= 11 is -3.75. The predicted molar refractivity (Wildman–Crippen MR) is 415 cm³/mol. The Kier molecular flexibility index (Phi) is 48.0. The zero-order chi connectivity index (χ0) is 74.9. The van der Waals surface area contributed by atoms with Crippen LogP contribution in [-0.2, 0) is 62.6 Å². The van der Waals surface area contributed by atoms with Crippen molar-refractivity contribution in [1.82, 2.24) is 0 Å². The average molecular weight is 1470 g/mol. The molecule has 0 saturated carbocycles. The Balaban J connectivity index is 0.000000397. The van der Waals surface area contributed by atoms with E-state index < -0.39 is 57.9 Å². The van der Waals surface area contributed by atoms with E-state index in [0.717, 1.165) is 61.7 Å². The highest BCUT2D eigenvalue weighted by molar-refractivity contribution is 7.52. The third kappa shape index (κ3) is 35.6. The highest BCUT2D eigenvalue weighted by Gasteiger charge is 2.42. The van der Waals surface area contributed by atoms with Gasteiger partial charge in [0.25, 0.3) is 0 Å². The summed E-state index contributed by atoms with van der Waals surface area (Å²) in [5.74, 6) is 6.10. The number of allylic oxidation sites excluding steroid dienone is 14. The van der Waals surface area contributed by atoms with Crippen molar-refractivity contribution < 1.29 is 57.0 Å². The molecule has 13 nitrogen and oxygen atoms in total. The van der Waals surface area contributed by atoms with Gasteiger partial charge < -0.3 is 14.9 Å². The topological polar surface area (TPSA) is 224 Å². The summed E-state index contributed by atoms with van der Waals surface area (Å²) in [4.78, 5) is 0. The number of benzene rings is 5. The van der Waals surface area contributed by atoms with E-state index in [9.17, 15) is 10.2 Å². The molecule has 12 rings (SSSR count). The molecule has 0 radical (unpaired) electrons. The lowest BCUT2D eigenvalue weighted by molar-refractivity contribution is 0.104. The maximum atomic E-state index is 10.1. The van der Waals surface area contributed by atoms with Crippen molar-refractivity contribution in [3.8, 4) is 0 Å². The van der Waals surface area contributed by atoms with Crippen LogP contribution in [0.1, 0.15) is 193 Å². The Morgan fingerprint density at radius 2 is 0.782 bits per heavy atom. The van der Waals surface area contributed by atoms with Gasteiger partial charge in [-0.05, 0) is 184 Å². The average Bonchev–Trinajstić information content (AvgIpc) is 1.64. The van der Waals surface area contributed by atoms with Gasteiger partial charge in [-0.2, -0.15) is 42.1 Å². The molecule has 6 aliphatic carbocycles. The fraction of sp³-hybridized carbons (Fsp3) is 0.446. The van der Waals surface area contributed by atoms with Crippen LogP contribution in [0.25, 0.3) is 16.7 Å². The van der Waals surface area contributed by atoms with Gasteiger partial charge in [0, 0.05) is 17.8 Å². The van der Waals surface area contributed by atoms with Crippen LogP contribution in [0.2, 0.25) is 0 Å². The van der Waals surface area contributed by atoms with Crippen LogP contribution in [-0.4, -0.2) is 76.7 Å². The molecule has 14 atom stereocenters. The van der Waals surface area contributed by atoms with Crippen molar-refractivity contribution in [3.63, 3.8) is 0 Å². The van der Waals surface area contributed by atoms with Crippen LogP contribution >= 0.6 is 0 Å². The molecular formula is C83H108O13S5. The lowest BCUT2D eigenvalue weighted by Gasteiger charge is -2.25. The van der Waals surface area contributed by atoms with Crippen LogP contribution in [0.15, 0.2) is 229 Å². The van der Waals surface area contributed by atoms with Crippen molar-refractivity contribution in [3.05, 3.63) is 257 Å². The van der Waals surface area contributed by atoms with Crippen LogP contribution < -0.4 is 0 Å². The van der Waals surface area contributed by atoms with Gasteiger partial charge in [-0.15, -0.1) is 0 Å². The minimum absolute atomic E-state index is 0.182. The monoisotopic (exact) mass is 1470 g/mol. The molecule has 1 fully saturated rings. The molecule has 7 aliphatic rings. The summed E-state index contributed by atoms with van der Waals surface area (Å²) in [7, 11) is 0. The normalized spacial score (nSPS) is 25.6. The van der Waals surface area contributed by atoms with E-state index in [2.05, 4.69) is 276 Å². The smallest absolute Gasteiger partial charge is 0.335 e. The lowest BCUT2D eigenvalue weighted by atomic mass is 9.80. The fourth-order valence-electron chi connectivity index (χ4n) is 12.7. The van der Waals surface area contributed by atoms with Crippen molar-refractivity contribution in [2.24, 2.45) is 47.3 Å². The first kappa shape index (κ1) is 90.1. The molecule has 0 unspecified atom stereocenters. The van der Waals surface area contributed by atoms with E-state index in [1.807, 2.05) is 12.1 Å². The number of hydrogen-bond donors (Lipinski definition) is 2. The molecule has 548 valence electrons. The van der Waals surface area contributed by atoms with Crippen LogP contribution in [0.5, 0.6) is 0 Å². The number of aliphatic hydroxyl groups excluding tert-OH is 2. The maximum Gasteiger partial charge on any atom is 0.335 e. The Hall–Kier alpha value is -7.00. The van der Waals surface area contributed by atoms with Crippen molar-refractivity contribution in [1.29, 1.82) is 0 Å². The van der Waals surface area contributed by atoms with Crippen LogP contribution in [0.3, 0.4) is 0 Å². The van der Waals surface area contributed by atoms with E-state index >= 15 is 0 Å². The summed E-state index contributed by atoms with van der Waals surface area (Å²) < 4.78 is 88.6. The molecule has 0 bridgehead atoms. The summed E-state index contributed by atoms with van der Waals surface area (Å²) in [6, 6.07) is 53.1. The van der Waals surface area contributed by atoms with E-state index in [0.29, 0.717) is 35.9 Å². The molecule has 5 aromatic rings. The Labute approximate surface area is 621 Å². The number of ether oxygens (including phenoxy) is 1. The van der Waals surface area contributed by atoms with Gasteiger partial charge in [0.1, 0.15) is 6.10 Å². The first-order valence-electron chi connectivity index (χ1n) is 35.0. The number of hydrogen-bond acceptors (Lipinski definition) is 13. The van der Waals surface area contributed by atoms with Gasteiger partial charge in [-0.25, -0.2) is 0 Å². The van der Waals surface area contributed by atoms with Gasteiger partial charge in [0.2, 0.25) is 0 Å². The zero-order valence-electron chi connectivity index (χ0n) is 60.7. The Morgan fingerprint density at radius 1 is 0.396 bits per heavy atom. The predicted octanol–water partition coefficient (Wildman–Crippen LogP) is 18.7. The highest BCUT2D eigenvalue weighted by Crippen LogP contribution is 2.42. The van der Waals surface area contributed by atoms with Crippen molar-refractivity contribution >= 4 is 74.6 Å². The van der Waals surface area contributed by atoms with Gasteiger partial charge in [0.05, 0.1) is 18.3 Å². The second-order valence-corrected chi connectivity index (χ2v) is 27.5. The molecule has 5 aromatic carbocycles. The number of aliphatic hydroxyl groups is 2. The largest absolute Gasteiger partial charge is 0.393 e. The molecule has 0 spiro atoms. The van der Waals surface area contributed by atoms with Gasteiger partial charge in [-0.1, -0.05) is 285 Å². The maximum absolute atomic E-state index is 10.1. The van der Waals surface area contributed by atoms with Gasteiger partial charge in [-0.3, -0.25) is 0 Å². The minimum Gasteiger partial charge on any atom is -0.393 e. The summed E-state index contributed by atoms with van der Waals surface area (Å²) in [6.45, 7) is 24.9. The third-order valence-electron chi connectivity index (χ3n) is 19.7. The number of fused-ring (bicyclic) bond motifs is 1. The molecule has 1 aliphatic heterocycles. The zero-order valence-corrected chi connectivity index (χ0v) is 64.8. The molecule has 18 heteroatoms. The second-order valence-electron chi connectivity index (χ2n) is 26.8. The highest BCUT2D eigenvalue weighted by atomic mass is 32.1.